The Morgan fingerprint density at radius 1 is 1.35 bits per heavy atom. The van der Waals surface area contributed by atoms with E-state index in [9.17, 15) is 5.11 Å². The molecule has 0 saturated heterocycles. The van der Waals surface area contributed by atoms with E-state index in [2.05, 4.69) is 28.9 Å². The average molecular weight is 282 g/mol. The van der Waals surface area contributed by atoms with Crippen LogP contribution in [0.4, 0.5) is 0 Å². The lowest BCUT2D eigenvalue weighted by molar-refractivity contribution is 0.254. The summed E-state index contributed by atoms with van der Waals surface area (Å²) in [5.41, 5.74) is 9.10. The van der Waals surface area contributed by atoms with Crippen molar-refractivity contribution in [2.75, 3.05) is 6.54 Å². The van der Waals surface area contributed by atoms with Gasteiger partial charge in [-0.1, -0.05) is 19.0 Å². The topological polar surface area (TPSA) is 122 Å². The second kappa shape index (κ2) is 10.0. The van der Waals surface area contributed by atoms with Gasteiger partial charge < -0.3 is 15.3 Å². The molecule has 1 heterocycles. The third-order valence-electron chi connectivity index (χ3n) is 2.63. The normalized spacial score (nSPS) is 9.70. The summed E-state index contributed by atoms with van der Waals surface area (Å²) in [7, 11) is 0. The van der Waals surface area contributed by atoms with Gasteiger partial charge in [-0.15, -0.1) is 0 Å². The SMILES string of the molecule is CC(C)CCN=[N+]=[N-].Cc1ncc(CO)c(CO)c1O. The summed E-state index contributed by atoms with van der Waals surface area (Å²) in [5.74, 6) is 0.601. The highest BCUT2D eigenvalue weighted by Gasteiger charge is 2.09. The summed E-state index contributed by atoms with van der Waals surface area (Å²) in [6.45, 7) is 5.96. The van der Waals surface area contributed by atoms with Crippen LogP contribution in [0.5, 0.6) is 5.75 Å². The van der Waals surface area contributed by atoms with E-state index in [1.165, 1.54) is 6.20 Å². The summed E-state index contributed by atoms with van der Waals surface area (Å²) in [6, 6.07) is 0. The highest BCUT2D eigenvalue weighted by molar-refractivity contribution is 5.39. The molecule has 0 amide bonds. The summed E-state index contributed by atoms with van der Waals surface area (Å²) in [6.07, 6.45) is 2.44. The fraction of sp³-hybridized carbons (Fsp3) is 0.615. The van der Waals surface area contributed by atoms with Crippen molar-refractivity contribution < 1.29 is 15.3 Å². The van der Waals surface area contributed by atoms with Gasteiger partial charge in [0.25, 0.3) is 0 Å². The standard InChI is InChI=1S/C8H11NO3.C5H11N3/c1-5-8(12)7(4-11)6(3-10)2-9-5;1-5(2)3-4-7-8-6/h2,10-12H,3-4H2,1H3;5H,3-4H2,1-2H3. The van der Waals surface area contributed by atoms with Crippen LogP contribution in [0.15, 0.2) is 11.3 Å². The van der Waals surface area contributed by atoms with Crippen LogP contribution < -0.4 is 0 Å². The van der Waals surface area contributed by atoms with Gasteiger partial charge >= 0.3 is 0 Å². The lowest BCUT2D eigenvalue weighted by atomic mass is 10.1. The Hall–Kier alpha value is -1.82. The molecule has 1 aromatic rings. The quantitative estimate of drug-likeness (QED) is 0.436. The van der Waals surface area contributed by atoms with E-state index in [1.807, 2.05) is 0 Å². The number of hydrogen-bond donors (Lipinski definition) is 3. The van der Waals surface area contributed by atoms with Gasteiger partial charge in [0.1, 0.15) is 5.75 Å². The third-order valence-corrected chi connectivity index (χ3v) is 2.63. The molecule has 3 N–H and O–H groups in total. The molecule has 0 aromatic carbocycles. The van der Waals surface area contributed by atoms with Crippen LogP contribution in [-0.4, -0.2) is 26.8 Å². The molecule has 0 atom stereocenters. The summed E-state index contributed by atoms with van der Waals surface area (Å²) in [4.78, 5) is 6.47. The Bertz CT molecular complexity index is 457. The van der Waals surface area contributed by atoms with E-state index in [1.54, 1.807) is 6.92 Å². The maximum Gasteiger partial charge on any atom is 0.142 e. The van der Waals surface area contributed by atoms with Crippen molar-refractivity contribution in [3.63, 3.8) is 0 Å². The molecule has 0 radical (unpaired) electrons. The molecule has 7 heteroatoms. The van der Waals surface area contributed by atoms with Crippen LogP contribution >= 0.6 is 0 Å². The van der Waals surface area contributed by atoms with Crippen LogP contribution in [-0.2, 0) is 13.2 Å². The van der Waals surface area contributed by atoms with Crippen molar-refractivity contribution in [2.24, 2.45) is 11.0 Å². The van der Waals surface area contributed by atoms with Gasteiger partial charge in [0.05, 0.1) is 18.9 Å². The number of nitrogens with zero attached hydrogens (tertiary/aromatic N) is 4. The van der Waals surface area contributed by atoms with Crippen molar-refractivity contribution in [1.82, 2.24) is 4.98 Å². The Morgan fingerprint density at radius 2 is 2.00 bits per heavy atom. The van der Waals surface area contributed by atoms with Gasteiger partial charge in [0.2, 0.25) is 0 Å². The molecular weight excluding hydrogens is 260 g/mol. The molecule has 0 spiro atoms. The van der Waals surface area contributed by atoms with Crippen LogP contribution in [0.2, 0.25) is 0 Å². The first-order valence-corrected chi connectivity index (χ1v) is 6.36. The number of rotatable bonds is 5. The highest BCUT2D eigenvalue weighted by Crippen LogP contribution is 2.23. The van der Waals surface area contributed by atoms with Crippen LogP contribution in [0, 0.1) is 12.8 Å². The number of azide groups is 1. The summed E-state index contributed by atoms with van der Waals surface area (Å²) >= 11 is 0. The molecule has 20 heavy (non-hydrogen) atoms. The Labute approximate surface area is 118 Å². The van der Waals surface area contributed by atoms with Crippen molar-refractivity contribution in [3.8, 4) is 5.75 Å². The molecule has 1 aromatic heterocycles. The van der Waals surface area contributed by atoms with Crippen molar-refractivity contribution in [3.05, 3.63) is 33.5 Å². The smallest absolute Gasteiger partial charge is 0.142 e. The molecule has 0 unspecified atom stereocenters. The van der Waals surface area contributed by atoms with E-state index < -0.39 is 0 Å². The Kier molecular flexibility index (Phi) is 9.11. The number of aliphatic hydroxyl groups excluding tert-OH is 2. The molecule has 1 rings (SSSR count). The van der Waals surface area contributed by atoms with Crippen LogP contribution in [0.3, 0.4) is 0 Å². The van der Waals surface area contributed by atoms with Gasteiger partial charge in [-0.05, 0) is 24.8 Å². The fourth-order valence-electron chi connectivity index (χ4n) is 1.36. The number of pyridine rings is 1. The number of aromatic nitrogens is 1. The molecule has 0 aliphatic rings. The highest BCUT2D eigenvalue weighted by atomic mass is 16.3. The Balaban J connectivity index is 0.000000396. The fourth-order valence-corrected chi connectivity index (χ4v) is 1.36. The zero-order valence-corrected chi connectivity index (χ0v) is 12.1. The second-order valence-corrected chi connectivity index (χ2v) is 4.65. The molecule has 0 fully saturated rings. The predicted octanol–water partition coefficient (Wildman–Crippen LogP) is 2.42. The Morgan fingerprint density at radius 3 is 2.45 bits per heavy atom. The lowest BCUT2D eigenvalue weighted by Gasteiger charge is -2.07. The number of aryl methyl sites for hydroxylation is 1. The summed E-state index contributed by atoms with van der Waals surface area (Å²) in [5, 5.41) is 30.4. The molecular formula is C13H22N4O3. The van der Waals surface area contributed by atoms with Crippen molar-refractivity contribution in [2.45, 2.75) is 40.4 Å². The van der Waals surface area contributed by atoms with Crippen molar-refractivity contribution >= 4 is 0 Å². The lowest BCUT2D eigenvalue weighted by Crippen LogP contribution is -1.98. The second-order valence-electron chi connectivity index (χ2n) is 4.65. The number of aliphatic hydroxyl groups is 2. The van der Waals surface area contributed by atoms with E-state index in [0.717, 1.165) is 6.42 Å². The van der Waals surface area contributed by atoms with E-state index in [4.69, 9.17) is 15.7 Å². The average Bonchev–Trinajstić information content (AvgIpc) is 2.42. The minimum Gasteiger partial charge on any atom is -0.506 e. The predicted molar refractivity (Wildman–Crippen MR) is 76.0 cm³/mol. The minimum absolute atomic E-state index is 0.0379. The van der Waals surface area contributed by atoms with Gasteiger partial charge in [0, 0.05) is 28.8 Å². The van der Waals surface area contributed by atoms with Gasteiger partial charge in [-0.3, -0.25) is 4.98 Å². The van der Waals surface area contributed by atoms with Gasteiger partial charge in [-0.25, -0.2) is 0 Å². The molecule has 112 valence electrons. The maximum atomic E-state index is 9.38. The summed E-state index contributed by atoms with van der Waals surface area (Å²) < 4.78 is 0. The molecule has 7 nitrogen and oxygen atoms in total. The van der Waals surface area contributed by atoms with Gasteiger partial charge in [0.15, 0.2) is 0 Å². The van der Waals surface area contributed by atoms with E-state index in [-0.39, 0.29) is 19.0 Å². The number of aromatic hydroxyl groups is 1. The zero-order valence-electron chi connectivity index (χ0n) is 12.1. The maximum absolute atomic E-state index is 9.38. The first-order chi connectivity index (χ1) is 9.47. The molecule has 0 bridgehead atoms. The largest absolute Gasteiger partial charge is 0.506 e. The van der Waals surface area contributed by atoms with Crippen LogP contribution in [0.25, 0.3) is 10.4 Å². The van der Waals surface area contributed by atoms with E-state index >= 15 is 0 Å². The monoisotopic (exact) mass is 282 g/mol. The minimum atomic E-state index is -0.287. The van der Waals surface area contributed by atoms with Crippen LogP contribution in [0.1, 0.15) is 37.1 Å². The first kappa shape index (κ1) is 18.2. The molecule has 0 aliphatic heterocycles. The van der Waals surface area contributed by atoms with Gasteiger partial charge in [-0.2, -0.15) is 0 Å². The molecule has 0 saturated carbocycles. The zero-order chi connectivity index (χ0) is 15.5. The molecule has 0 aliphatic carbocycles. The third kappa shape index (κ3) is 6.38. The van der Waals surface area contributed by atoms with E-state index in [0.29, 0.717) is 29.3 Å². The first-order valence-electron chi connectivity index (χ1n) is 6.36. The number of hydrogen-bond acceptors (Lipinski definition) is 5. The van der Waals surface area contributed by atoms with Crippen molar-refractivity contribution in [1.29, 1.82) is 0 Å².